The molecule has 3 aromatic rings. The van der Waals surface area contributed by atoms with Crippen molar-refractivity contribution in [3.8, 4) is 0 Å². The normalized spacial score (nSPS) is 21.8. The van der Waals surface area contributed by atoms with Crippen molar-refractivity contribution in [2.75, 3.05) is 9.96 Å². The van der Waals surface area contributed by atoms with E-state index in [9.17, 15) is 19.7 Å². The highest BCUT2D eigenvalue weighted by Crippen LogP contribution is 2.49. The predicted octanol–water partition coefficient (Wildman–Crippen LogP) is 5.61. The van der Waals surface area contributed by atoms with Crippen molar-refractivity contribution in [2.45, 2.75) is 12.1 Å². The number of hydrogen-bond acceptors (Lipinski definition) is 6. The van der Waals surface area contributed by atoms with E-state index in [-0.39, 0.29) is 21.4 Å². The van der Waals surface area contributed by atoms with Crippen LogP contribution in [0.1, 0.15) is 11.6 Å². The van der Waals surface area contributed by atoms with Crippen LogP contribution >= 0.6 is 34.8 Å². The highest BCUT2D eigenvalue weighted by atomic mass is 35.5. The number of hydroxylamine groups is 1. The van der Waals surface area contributed by atoms with Crippen LogP contribution in [0.25, 0.3) is 0 Å². The first-order valence-electron chi connectivity index (χ1n) is 10.1. The Balaban J connectivity index is 1.61. The fourth-order valence-corrected chi connectivity index (χ4v) is 4.83. The molecule has 3 aromatic carbocycles. The number of non-ortho nitro benzene ring substituents is 1. The van der Waals surface area contributed by atoms with E-state index in [0.717, 1.165) is 4.90 Å². The van der Waals surface area contributed by atoms with Crippen LogP contribution < -0.4 is 9.96 Å². The quantitative estimate of drug-likeness (QED) is 0.253. The fraction of sp³-hybridized carbons (Fsp3) is 0.130. The summed E-state index contributed by atoms with van der Waals surface area (Å²) < 4.78 is 0. The summed E-state index contributed by atoms with van der Waals surface area (Å²) in [5.41, 5.74) is 0.962. The Bertz CT molecular complexity index is 1350. The number of nitrogens with zero attached hydrogens (tertiary/aromatic N) is 3. The molecular weight excluding hydrogens is 505 g/mol. The maximum Gasteiger partial charge on any atom is 0.271 e. The van der Waals surface area contributed by atoms with Crippen LogP contribution in [0, 0.1) is 16.0 Å². The standard InChI is InChI=1S/C23H14Cl3N3O5/c24-16-7-2-1-6-15(16)20-19-21(34-28(20)13-4-3-5-14(10-13)29(32)33)23(31)27(22(19)30)12-8-9-17(25)18(26)11-12/h1-11,19-21H/t19-,20-,21-/m0/s1. The van der Waals surface area contributed by atoms with Gasteiger partial charge in [0.2, 0.25) is 5.91 Å². The van der Waals surface area contributed by atoms with Crippen LogP contribution in [0.3, 0.4) is 0 Å². The molecule has 2 saturated heterocycles. The monoisotopic (exact) mass is 517 g/mol. The van der Waals surface area contributed by atoms with E-state index in [2.05, 4.69) is 0 Å². The molecule has 0 N–H and O–H groups in total. The highest BCUT2D eigenvalue weighted by Gasteiger charge is 2.60. The zero-order valence-corrected chi connectivity index (χ0v) is 19.4. The summed E-state index contributed by atoms with van der Waals surface area (Å²) in [6, 6.07) is 16.3. The van der Waals surface area contributed by atoms with Crippen molar-refractivity contribution in [1.29, 1.82) is 0 Å². The second-order valence-electron chi connectivity index (χ2n) is 7.73. The summed E-state index contributed by atoms with van der Waals surface area (Å²) in [6.07, 6.45) is -1.16. The molecule has 0 radical (unpaired) electrons. The molecule has 11 heteroatoms. The van der Waals surface area contributed by atoms with Crippen LogP contribution in [0.4, 0.5) is 17.1 Å². The molecule has 5 rings (SSSR count). The van der Waals surface area contributed by atoms with Crippen molar-refractivity contribution < 1.29 is 19.3 Å². The number of carbonyl (C=O) groups excluding carboxylic acids is 2. The van der Waals surface area contributed by atoms with Crippen LogP contribution in [-0.4, -0.2) is 22.8 Å². The molecule has 2 amide bonds. The van der Waals surface area contributed by atoms with Crippen molar-refractivity contribution in [3.05, 3.63) is 97.5 Å². The van der Waals surface area contributed by atoms with E-state index in [1.165, 1.54) is 41.5 Å². The van der Waals surface area contributed by atoms with E-state index < -0.39 is 34.8 Å². The largest absolute Gasteiger partial charge is 0.273 e. The first-order valence-corrected chi connectivity index (χ1v) is 11.2. The van der Waals surface area contributed by atoms with Gasteiger partial charge in [-0.3, -0.25) is 24.5 Å². The number of amides is 2. The van der Waals surface area contributed by atoms with Gasteiger partial charge in [-0.05, 0) is 35.9 Å². The first kappa shape index (κ1) is 22.6. The van der Waals surface area contributed by atoms with E-state index in [1.807, 2.05) is 0 Å². The van der Waals surface area contributed by atoms with Gasteiger partial charge in [-0.25, -0.2) is 9.96 Å². The van der Waals surface area contributed by atoms with Crippen molar-refractivity contribution in [1.82, 2.24) is 0 Å². The first-order chi connectivity index (χ1) is 16.3. The van der Waals surface area contributed by atoms with Gasteiger partial charge in [0.15, 0.2) is 6.10 Å². The maximum absolute atomic E-state index is 13.6. The smallest absolute Gasteiger partial charge is 0.271 e. The Kier molecular flexibility index (Phi) is 5.69. The SMILES string of the molecule is O=C1[C@@H]2[C@H](ON(c3cccc([N+](=O)[O-])c3)[C@H]2c2ccccc2Cl)C(=O)N1c1ccc(Cl)c(Cl)c1. The Morgan fingerprint density at radius 3 is 2.29 bits per heavy atom. The third-order valence-electron chi connectivity index (χ3n) is 5.80. The lowest BCUT2D eigenvalue weighted by atomic mass is 9.90. The number of nitro benzene ring substituents is 1. The number of fused-ring (bicyclic) bond motifs is 1. The molecule has 34 heavy (non-hydrogen) atoms. The summed E-state index contributed by atoms with van der Waals surface area (Å²) in [7, 11) is 0. The van der Waals surface area contributed by atoms with Crippen LogP contribution in [0.15, 0.2) is 66.7 Å². The summed E-state index contributed by atoms with van der Waals surface area (Å²) in [5.74, 6) is -2.05. The number of imide groups is 1. The minimum absolute atomic E-state index is 0.161. The Morgan fingerprint density at radius 2 is 1.59 bits per heavy atom. The van der Waals surface area contributed by atoms with Crippen LogP contribution in [-0.2, 0) is 14.4 Å². The summed E-state index contributed by atoms with van der Waals surface area (Å²) in [5, 5.41) is 13.5. The van der Waals surface area contributed by atoms with E-state index >= 15 is 0 Å². The molecule has 0 spiro atoms. The molecule has 3 atom stereocenters. The second-order valence-corrected chi connectivity index (χ2v) is 8.95. The van der Waals surface area contributed by atoms with Gasteiger partial charge in [0.1, 0.15) is 5.92 Å². The lowest BCUT2D eigenvalue weighted by Gasteiger charge is -2.29. The Labute approximate surface area is 208 Å². The summed E-state index contributed by atoms with van der Waals surface area (Å²) >= 11 is 18.6. The number of benzene rings is 3. The molecule has 2 aliphatic heterocycles. The lowest BCUT2D eigenvalue weighted by molar-refractivity contribution is -0.384. The third-order valence-corrected chi connectivity index (χ3v) is 6.88. The van der Waals surface area contributed by atoms with Crippen molar-refractivity contribution in [3.63, 3.8) is 0 Å². The number of nitro groups is 1. The molecule has 0 unspecified atom stereocenters. The van der Waals surface area contributed by atoms with Gasteiger partial charge in [0.05, 0.1) is 32.4 Å². The number of hydrogen-bond donors (Lipinski definition) is 0. The summed E-state index contributed by atoms with van der Waals surface area (Å²) in [6.45, 7) is 0. The number of halogens is 3. The molecule has 0 bridgehead atoms. The topological polar surface area (TPSA) is 93.0 Å². The maximum atomic E-state index is 13.6. The number of carbonyl (C=O) groups is 2. The average molecular weight is 519 g/mol. The Hall–Kier alpha value is -3.17. The molecular formula is C23H14Cl3N3O5. The van der Waals surface area contributed by atoms with E-state index in [1.54, 1.807) is 30.3 Å². The highest BCUT2D eigenvalue weighted by molar-refractivity contribution is 6.42. The van der Waals surface area contributed by atoms with Gasteiger partial charge in [-0.2, -0.15) is 0 Å². The number of anilines is 2. The van der Waals surface area contributed by atoms with Gasteiger partial charge in [0.25, 0.3) is 11.6 Å². The third kappa shape index (κ3) is 3.59. The average Bonchev–Trinajstić information content (AvgIpc) is 3.32. The predicted molar refractivity (Wildman–Crippen MR) is 127 cm³/mol. The molecule has 2 aliphatic rings. The van der Waals surface area contributed by atoms with Gasteiger partial charge < -0.3 is 0 Å². The Morgan fingerprint density at radius 1 is 0.824 bits per heavy atom. The minimum atomic E-state index is -1.16. The van der Waals surface area contributed by atoms with Gasteiger partial charge >= 0.3 is 0 Å². The van der Waals surface area contributed by atoms with Gasteiger partial charge in [-0.15, -0.1) is 0 Å². The van der Waals surface area contributed by atoms with Crippen molar-refractivity contribution >= 4 is 63.7 Å². The lowest BCUT2D eigenvalue weighted by Crippen LogP contribution is -2.37. The van der Waals surface area contributed by atoms with Crippen molar-refractivity contribution in [2.24, 2.45) is 5.92 Å². The van der Waals surface area contributed by atoms with Gasteiger partial charge in [-0.1, -0.05) is 59.1 Å². The molecule has 2 heterocycles. The second kappa shape index (κ2) is 8.56. The van der Waals surface area contributed by atoms with E-state index in [4.69, 9.17) is 39.6 Å². The molecule has 0 saturated carbocycles. The molecule has 2 fully saturated rings. The molecule has 172 valence electrons. The van der Waals surface area contributed by atoms with Gasteiger partial charge in [0, 0.05) is 17.2 Å². The molecule has 0 aliphatic carbocycles. The fourth-order valence-electron chi connectivity index (χ4n) is 4.29. The number of rotatable bonds is 4. The van der Waals surface area contributed by atoms with Crippen LogP contribution in [0.2, 0.25) is 15.1 Å². The minimum Gasteiger partial charge on any atom is -0.273 e. The van der Waals surface area contributed by atoms with E-state index in [0.29, 0.717) is 16.3 Å². The summed E-state index contributed by atoms with van der Waals surface area (Å²) in [4.78, 5) is 44.8. The zero-order valence-electron chi connectivity index (χ0n) is 17.1. The zero-order chi connectivity index (χ0) is 24.1. The van der Waals surface area contributed by atoms with Crippen LogP contribution in [0.5, 0.6) is 0 Å². The molecule has 8 nitrogen and oxygen atoms in total. The molecule has 0 aromatic heterocycles.